The summed E-state index contributed by atoms with van der Waals surface area (Å²) in [5.41, 5.74) is 6.64. The van der Waals surface area contributed by atoms with E-state index in [2.05, 4.69) is 10.3 Å². The lowest BCUT2D eigenvalue weighted by molar-refractivity contribution is 0.102. The maximum Gasteiger partial charge on any atom is 0.258 e. The van der Waals surface area contributed by atoms with E-state index < -0.39 is 11.7 Å². The van der Waals surface area contributed by atoms with Crippen LogP contribution in [0.1, 0.15) is 15.9 Å². The molecule has 1 aromatic heterocycles. The molecule has 0 aliphatic rings. The van der Waals surface area contributed by atoms with E-state index in [-0.39, 0.29) is 18.0 Å². The van der Waals surface area contributed by atoms with Gasteiger partial charge >= 0.3 is 0 Å². The highest BCUT2D eigenvalue weighted by atomic mass is 19.1. The van der Waals surface area contributed by atoms with E-state index in [1.807, 2.05) is 0 Å². The summed E-state index contributed by atoms with van der Waals surface area (Å²) in [6, 6.07) is 8.20. The van der Waals surface area contributed by atoms with Crippen molar-refractivity contribution in [2.24, 2.45) is 0 Å². The van der Waals surface area contributed by atoms with Crippen LogP contribution in [-0.4, -0.2) is 22.6 Å². The molecule has 1 heterocycles. The number of halogens is 1. The predicted octanol–water partition coefficient (Wildman–Crippen LogP) is 1.59. The Bertz CT molecular complexity index is 614. The van der Waals surface area contributed by atoms with E-state index in [0.29, 0.717) is 12.1 Å². The van der Waals surface area contributed by atoms with E-state index >= 15 is 0 Å². The van der Waals surface area contributed by atoms with Crippen molar-refractivity contribution in [1.82, 2.24) is 4.98 Å². The van der Waals surface area contributed by atoms with Gasteiger partial charge in [0.05, 0.1) is 5.56 Å². The molecule has 0 radical (unpaired) electrons. The van der Waals surface area contributed by atoms with E-state index in [9.17, 15) is 9.18 Å². The normalized spacial score (nSPS) is 10.3. The van der Waals surface area contributed by atoms with Crippen LogP contribution in [0.5, 0.6) is 0 Å². The van der Waals surface area contributed by atoms with Crippen LogP contribution in [0, 0.1) is 5.82 Å². The Labute approximate surface area is 115 Å². The van der Waals surface area contributed by atoms with Crippen molar-refractivity contribution in [3.63, 3.8) is 0 Å². The maximum atomic E-state index is 13.6. The van der Waals surface area contributed by atoms with Crippen molar-refractivity contribution in [1.29, 1.82) is 0 Å². The minimum absolute atomic E-state index is 0.0627. The number of nitrogens with two attached hydrogens (primary N) is 1. The van der Waals surface area contributed by atoms with Gasteiger partial charge < -0.3 is 16.2 Å². The molecule has 0 saturated heterocycles. The third kappa shape index (κ3) is 3.10. The molecule has 1 aromatic carbocycles. The fraction of sp³-hybridized carbons (Fsp3) is 0.143. The minimum atomic E-state index is -0.832. The number of nitrogen functional groups attached to an aromatic ring is 1. The molecule has 6 heteroatoms. The summed E-state index contributed by atoms with van der Waals surface area (Å²) in [6.45, 7) is 0.0627. The van der Waals surface area contributed by atoms with Gasteiger partial charge in [0.2, 0.25) is 0 Å². The Kier molecular flexibility index (Phi) is 4.27. The number of amides is 1. The number of rotatable bonds is 4. The second kappa shape index (κ2) is 6.12. The molecule has 0 unspecified atom stereocenters. The second-order valence-electron chi connectivity index (χ2n) is 4.18. The standard InChI is InChI=1S/C14H14FN3O2/c15-12-11(5-7-17-13(12)16)14(20)18-10-3-1-9(2-4-10)6-8-19/h1-5,7,19H,6,8H2,(H2,16,17)(H,18,20). The Morgan fingerprint density at radius 1 is 1.30 bits per heavy atom. The number of hydrogen-bond donors (Lipinski definition) is 3. The van der Waals surface area contributed by atoms with Gasteiger partial charge in [-0.1, -0.05) is 12.1 Å². The van der Waals surface area contributed by atoms with Crippen LogP contribution in [0.15, 0.2) is 36.5 Å². The molecule has 0 spiro atoms. The molecule has 4 N–H and O–H groups in total. The van der Waals surface area contributed by atoms with Crippen molar-refractivity contribution >= 4 is 17.4 Å². The average molecular weight is 275 g/mol. The van der Waals surface area contributed by atoms with Gasteiger partial charge in [0.1, 0.15) is 0 Å². The highest BCUT2D eigenvalue weighted by Gasteiger charge is 2.14. The van der Waals surface area contributed by atoms with Crippen LogP contribution < -0.4 is 11.1 Å². The largest absolute Gasteiger partial charge is 0.396 e. The molecular formula is C14H14FN3O2. The number of aromatic nitrogens is 1. The Hall–Kier alpha value is -2.47. The Balaban J connectivity index is 2.13. The molecule has 104 valence electrons. The number of aliphatic hydroxyl groups is 1. The SMILES string of the molecule is Nc1nccc(C(=O)Nc2ccc(CCO)cc2)c1F. The summed E-state index contributed by atoms with van der Waals surface area (Å²) in [5, 5.41) is 11.4. The quantitative estimate of drug-likeness (QED) is 0.790. The molecule has 0 aliphatic carbocycles. The first-order chi connectivity index (χ1) is 9.61. The molecule has 0 bridgehead atoms. The first-order valence-corrected chi connectivity index (χ1v) is 6.03. The summed E-state index contributed by atoms with van der Waals surface area (Å²) < 4.78 is 13.6. The van der Waals surface area contributed by atoms with Crippen molar-refractivity contribution in [3.8, 4) is 0 Å². The summed E-state index contributed by atoms with van der Waals surface area (Å²) in [7, 11) is 0. The van der Waals surface area contributed by atoms with Gasteiger partial charge in [-0.15, -0.1) is 0 Å². The maximum absolute atomic E-state index is 13.6. The molecule has 0 aliphatic heterocycles. The van der Waals surface area contributed by atoms with Gasteiger partial charge in [-0.3, -0.25) is 4.79 Å². The van der Waals surface area contributed by atoms with Crippen molar-refractivity contribution < 1.29 is 14.3 Å². The molecular weight excluding hydrogens is 261 g/mol. The monoisotopic (exact) mass is 275 g/mol. The molecule has 0 saturated carbocycles. The van der Waals surface area contributed by atoms with Crippen molar-refractivity contribution in [3.05, 3.63) is 53.5 Å². The van der Waals surface area contributed by atoms with Gasteiger partial charge in [-0.2, -0.15) is 0 Å². The van der Waals surface area contributed by atoms with Crippen LogP contribution in [0.2, 0.25) is 0 Å². The van der Waals surface area contributed by atoms with Crippen LogP contribution in [-0.2, 0) is 6.42 Å². The molecule has 0 fully saturated rings. The molecule has 5 nitrogen and oxygen atoms in total. The lowest BCUT2D eigenvalue weighted by Gasteiger charge is -2.07. The molecule has 2 rings (SSSR count). The van der Waals surface area contributed by atoms with E-state index in [0.717, 1.165) is 5.56 Å². The number of nitrogens with one attached hydrogen (secondary N) is 1. The Morgan fingerprint density at radius 3 is 2.65 bits per heavy atom. The van der Waals surface area contributed by atoms with Gasteiger partial charge in [-0.25, -0.2) is 9.37 Å². The predicted molar refractivity (Wildman–Crippen MR) is 73.8 cm³/mol. The molecule has 0 atom stereocenters. The van der Waals surface area contributed by atoms with Gasteiger partial charge in [-0.05, 0) is 30.2 Å². The highest BCUT2D eigenvalue weighted by molar-refractivity contribution is 6.04. The number of aliphatic hydroxyl groups excluding tert-OH is 1. The zero-order chi connectivity index (χ0) is 14.5. The van der Waals surface area contributed by atoms with Gasteiger partial charge in [0, 0.05) is 18.5 Å². The third-order valence-electron chi connectivity index (χ3n) is 2.77. The highest BCUT2D eigenvalue weighted by Crippen LogP contribution is 2.15. The Morgan fingerprint density at radius 2 is 2.00 bits per heavy atom. The first kappa shape index (κ1) is 14.0. The number of anilines is 2. The second-order valence-corrected chi connectivity index (χ2v) is 4.18. The topological polar surface area (TPSA) is 88.2 Å². The number of carbonyl (C=O) groups excluding carboxylic acids is 1. The number of pyridine rings is 1. The number of hydrogen-bond acceptors (Lipinski definition) is 4. The third-order valence-corrected chi connectivity index (χ3v) is 2.77. The van der Waals surface area contributed by atoms with E-state index in [1.54, 1.807) is 24.3 Å². The van der Waals surface area contributed by atoms with Gasteiger partial charge in [0.25, 0.3) is 5.91 Å². The fourth-order valence-electron chi connectivity index (χ4n) is 1.72. The number of carbonyl (C=O) groups is 1. The zero-order valence-corrected chi connectivity index (χ0v) is 10.6. The van der Waals surface area contributed by atoms with Crippen LogP contribution in [0.4, 0.5) is 15.9 Å². The number of nitrogens with zero attached hydrogens (tertiary/aromatic N) is 1. The summed E-state index contributed by atoms with van der Waals surface area (Å²) in [4.78, 5) is 15.5. The first-order valence-electron chi connectivity index (χ1n) is 6.03. The van der Waals surface area contributed by atoms with Crippen molar-refractivity contribution in [2.45, 2.75) is 6.42 Å². The lowest BCUT2D eigenvalue weighted by atomic mass is 10.1. The number of benzene rings is 1. The zero-order valence-electron chi connectivity index (χ0n) is 10.6. The van der Waals surface area contributed by atoms with E-state index in [1.165, 1.54) is 12.3 Å². The fourth-order valence-corrected chi connectivity index (χ4v) is 1.72. The molecule has 20 heavy (non-hydrogen) atoms. The van der Waals surface area contributed by atoms with Crippen LogP contribution in [0.25, 0.3) is 0 Å². The summed E-state index contributed by atoms with van der Waals surface area (Å²) >= 11 is 0. The van der Waals surface area contributed by atoms with E-state index in [4.69, 9.17) is 10.8 Å². The van der Waals surface area contributed by atoms with Gasteiger partial charge in [0.15, 0.2) is 11.6 Å². The summed E-state index contributed by atoms with van der Waals surface area (Å²) in [6.07, 6.45) is 1.82. The smallest absolute Gasteiger partial charge is 0.258 e. The van der Waals surface area contributed by atoms with Crippen molar-refractivity contribution in [2.75, 3.05) is 17.7 Å². The lowest BCUT2D eigenvalue weighted by Crippen LogP contribution is -2.15. The molecule has 2 aromatic rings. The minimum Gasteiger partial charge on any atom is -0.396 e. The summed E-state index contributed by atoms with van der Waals surface area (Å²) in [5.74, 6) is -1.73. The molecule has 1 amide bonds. The van der Waals surface area contributed by atoms with Crippen LogP contribution in [0.3, 0.4) is 0 Å². The van der Waals surface area contributed by atoms with Crippen LogP contribution >= 0.6 is 0 Å². The average Bonchev–Trinajstić information content (AvgIpc) is 2.44.